The summed E-state index contributed by atoms with van der Waals surface area (Å²) >= 11 is 13.0. The van der Waals surface area contributed by atoms with Crippen LogP contribution in [-0.2, 0) is 48.2 Å². The number of nitrogens with zero attached hydrogens (tertiary/aromatic N) is 1. The number of nitrogens with one attached hydrogen (secondary N) is 10. The fourth-order valence-corrected chi connectivity index (χ4v) is 14.1. The van der Waals surface area contributed by atoms with Crippen molar-refractivity contribution >= 4 is 98.4 Å². The molecule has 3 fully saturated rings. The van der Waals surface area contributed by atoms with Gasteiger partial charge in [0.05, 0.1) is 74.4 Å². The third-order valence-electron chi connectivity index (χ3n) is 20.6. The maximum absolute atomic E-state index is 12.7. The zero-order chi connectivity index (χ0) is 110. The molecule has 10 N–H and O–H groups in total. The maximum Gasteiger partial charge on any atom is 0.279 e. The van der Waals surface area contributed by atoms with Crippen LogP contribution in [0, 0.1) is 167 Å². The average molecular weight is 2060 g/mol. The van der Waals surface area contributed by atoms with Gasteiger partial charge >= 0.3 is 0 Å². The van der Waals surface area contributed by atoms with Gasteiger partial charge in [0, 0.05) is 121 Å². The maximum atomic E-state index is 12.7. The minimum atomic E-state index is -0.408. The number of amides is 9. The molecular weight excluding hydrogens is 1910 g/mol. The lowest BCUT2D eigenvalue weighted by atomic mass is 9.96. The van der Waals surface area contributed by atoms with E-state index in [-0.39, 0.29) is 125 Å². The first-order valence-corrected chi connectivity index (χ1v) is 51.3. The Bertz CT molecular complexity index is 5940. The van der Waals surface area contributed by atoms with E-state index in [9.17, 15) is 47.5 Å². The number of ether oxygens (including phenoxy) is 2. The fourth-order valence-electron chi connectivity index (χ4n) is 12.8. The lowest BCUT2D eigenvalue weighted by Gasteiger charge is -2.21. The molecule has 9 amide bonds. The Labute approximate surface area is 891 Å². The number of aryl methyl sites for hydroxylation is 1. The summed E-state index contributed by atoms with van der Waals surface area (Å²) in [5, 5.41) is 26.4. The highest BCUT2D eigenvalue weighted by molar-refractivity contribution is 8.14. The number of pyridine rings is 1. The highest BCUT2D eigenvalue weighted by Gasteiger charge is 2.68. The number of hydrogen-bond donors (Lipinski definition) is 10. The van der Waals surface area contributed by atoms with Gasteiger partial charge in [-0.05, 0) is 298 Å². The first-order valence-electron chi connectivity index (χ1n) is 49.5. The average Bonchev–Trinajstić information content (AvgIpc) is 1.53. The van der Waals surface area contributed by atoms with Gasteiger partial charge in [-0.25, -0.2) is 4.39 Å². The Morgan fingerprint density at radius 2 is 0.857 bits per heavy atom. The summed E-state index contributed by atoms with van der Waals surface area (Å²) in [6, 6.07) is 40.9. The topological polar surface area (TPSA) is 309 Å². The molecule has 1 saturated carbocycles. The second kappa shape index (κ2) is 63.0. The molecule has 0 unspecified atom stereocenters. The van der Waals surface area contributed by atoms with Gasteiger partial charge < -0.3 is 62.3 Å². The molecule has 4 heterocycles. The molecule has 5 aromatic carbocycles. The molecule has 2 saturated heterocycles. The Morgan fingerprint density at radius 1 is 0.449 bits per heavy atom. The summed E-state index contributed by atoms with van der Waals surface area (Å²) in [5.74, 6) is 49.2. The molecule has 147 heavy (non-hydrogen) atoms. The molecule has 7 aromatic rings. The molecular formula is C121H158Cl2FN11O11S. The predicted molar refractivity (Wildman–Crippen MR) is 599 cm³/mol. The van der Waals surface area contributed by atoms with Crippen LogP contribution in [0.5, 0.6) is 5.75 Å². The van der Waals surface area contributed by atoms with Crippen molar-refractivity contribution in [3.8, 4) is 100 Å². The Morgan fingerprint density at radius 3 is 1.29 bits per heavy atom. The molecule has 3 aliphatic rings. The number of carbonyl (C=O) groups excluding carboxylic acids is 9. The van der Waals surface area contributed by atoms with Crippen molar-refractivity contribution < 1.29 is 57.0 Å². The first-order chi connectivity index (χ1) is 68.4. The van der Waals surface area contributed by atoms with Crippen LogP contribution in [0.15, 0.2) is 152 Å². The van der Waals surface area contributed by atoms with Gasteiger partial charge in [-0.2, -0.15) is 0 Å². The summed E-state index contributed by atoms with van der Waals surface area (Å²) in [5.41, 5.74) is 5.35. The Kier molecular flexibility index (Phi) is 54.9. The molecule has 10 rings (SSSR count). The zero-order valence-electron chi connectivity index (χ0n) is 91.9. The third kappa shape index (κ3) is 60.7. The van der Waals surface area contributed by atoms with Crippen LogP contribution in [0.4, 0.5) is 9.18 Å². The van der Waals surface area contributed by atoms with Crippen LogP contribution in [0.2, 0.25) is 10.0 Å². The number of benzene rings is 5. The second-order valence-electron chi connectivity index (χ2n) is 44.5. The van der Waals surface area contributed by atoms with Crippen LogP contribution in [0.3, 0.4) is 0 Å². The normalized spacial score (nSPS) is 13.5. The summed E-state index contributed by atoms with van der Waals surface area (Å²) in [6.07, 6.45) is 7.46. The third-order valence-corrected chi connectivity index (χ3v) is 22.1. The monoisotopic (exact) mass is 2060 g/mol. The van der Waals surface area contributed by atoms with E-state index >= 15 is 0 Å². The van der Waals surface area contributed by atoms with Gasteiger partial charge in [0.25, 0.3) is 23.0 Å². The van der Waals surface area contributed by atoms with Gasteiger partial charge in [-0.1, -0.05) is 212 Å². The van der Waals surface area contributed by atoms with Crippen LogP contribution < -0.4 is 52.6 Å². The SMILES string of the molecule is CC(C)(C)C#CCNC(=O)C1C(C)(C)C1(C)C.CC(C)(C)C#CCNC(=O)CC1CCOCC1.CC(C)(C)C#CCNC(=O)CCc1ccc(F)cc1.CC(C)(C)C#CCNC(=O)Cc1ccccn1.CC(C)(C)C#CCNC(=O)[C@H]1CSC(=O)N1.CC(C)(C)C#CCNC(=O)c1c(Cl)cccc1Cl.CC(C)(C)C#CCNC(=O)c1ccc(OCc2ccccc2)cc1.CC(C)(C)C#CCNC(=O)c1ccc2[nH]ccc2c1. The first kappa shape index (κ1) is 128. The van der Waals surface area contributed by atoms with Gasteiger partial charge in [-0.15, -0.1) is 0 Å². The van der Waals surface area contributed by atoms with E-state index in [2.05, 4.69) is 222 Å². The van der Waals surface area contributed by atoms with Crippen molar-refractivity contribution in [2.45, 2.75) is 245 Å². The van der Waals surface area contributed by atoms with Gasteiger partial charge in [0.15, 0.2) is 0 Å². The van der Waals surface area contributed by atoms with Gasteiger partial charge in [-0.3, -0.25) is 48.1 Å². The lowest BCUT2D eigenvalue weighted by Crippen LogP contribution is -2.42. The van der Waals surface area contributed by atoms with Crippen LogP contribution in [0.1, 0.15) is 267 Å². The summed E-state index contributed by atoms with van der Waals surface area (Å²) in [7, 11) is 0. The number of aromatic nitrogens is 2. The molecule has 0 radical (unpaired) electrons. The number of halogens is 3. The minimum absolute atomic E-state index is 0.00283. The molecule has 26 heteroatoms. The molecule has 22 nitrogen and oxygen atoms in total. The van der Waals surface area contributed by atoms with Crippen LogP contribution >= 0.6 is 35.0 Å². The van der Waals surface area contributed by atoms with Crippen molar-refractivity contribution in [2.75, 3.05) is 71.3 Å². The van der Waals surface area contributed by atoms with Crippen molar-refractivity contribution in [1.82, 2.24) is 57.8 Å². The van der Waals surface area contributed by atoms with E-state index in [1.807, 2.05) is 204 Å². The predicted octanol–water partition coefficient (Wildman–Crippen LogP) is 21.3. The van der Waals surface area contributed by atoms with Gasteiger partial charge in [0.1, 0.15) is 24.2 Å². The van der Waals surface area contributed by atoms with Crippen molar-refractivity contribution in [3.05, 3.63) is 201 Å². The lowest BCUT2D eigenvalue weighted by molar-refractivity contribution is -0.123. The number of aromatic amines is 1. The number of hydrogen-bond acceptors (Lipinski definition) is 13. The van der Waals surface area contributed by atoms with Crippen LogP contribution in [0.25, 0.3) is 10.9 Å². The zero-order valence-corrected chi connectivity index (χ0v) is 94.2. The standard InChI is InChI=1S/C21H23NO2.C16H20FNO.C16H18N2O.C15H25NO.C14H15Cl2NO.C14H18N2O.C14H23NO2.C11H16N2O2S/c1-21(2,3)14-7-15-22-20(23)18-10-12-19(13-11-18)24-16-17-8-5-4-6-9-17;1-16(2,3)11-4-12-18-15(19)10-7-13-5-8-14(17)9-6-13;1-16(2,3)8-4-9-18-15(19)13-5-6-14-12(11-13)7-10-17-14;1-13(2,3)9-8-10-16-12(17)11-14(4,5)15(11,6)7;1-14(2,3)8-5-9-17-13(18)12-10(15)6-4-7-11(12)16;1-14(2,3)8-6-10-16-13(17)11-12-7-4-5-9-15-12;1-14(2,3)7-4-8-15-13(16)11-12-5-9-17-10-6-12;1-11(2,3)5-4-6-12-9(14)8-7-16-10(15)13-8/h4-6,8-13H,15-16H2,1-3H3,(H,22,23);5-6,8-9H,7,10,12H2,1-3H3,(H,18,19);5-7,10-11,17H,9H2,1-3H3,(H,18,19);11H,10H2,1-7H3,(H,16,17);4,6-7H,9H2,1-3H3,(H,17,18);4-5,7,9H,10-11H2,1-3H3,(H,16,17);12H,5-6,8-11H2,1-3H3,(H,15,16);8H,6-7H2,1-3H3,(H,12,14)(H,13,15)/t;;;;;;;8-/m.......1/s1. The molecule has 0 bridgehead atoms. The number of H-pyrrole nitrogens is 1. The van der Waals surface area contributed by atoms with E-state index in [1.54, 1.807) is 60.8 Å². The number of carbonyl (C=O) groups is 9. The van der Waals surface area contributed by atoms with E-state index in [0.717, 1.165) is 71.3 Å². The Balaban J connectivity index is 0.000000433. The van der Waals surface area contributed by atoms with Crippen LogP contribution in [-0.4, -0.2) is 140 Å². The van der Waals surface area contributed by atoms with Gasteiger partial charge in [0.2, 0.25) is 29.5 Å². The quantitative estimate of drug-likeness (QED) is 0.0267. The number of thioether (sulfide) groups is 1. The molecule has 790 valence electrons. The second-order valence-corrected chi connectivity index (χ2v) is 46.3. The van der Waals surface area contributed by atoms with Crippen molar-refractivity contribution in [3.63, 3.8) is 0 Å². The van der Waals surface area contributed by atoms with E-state index in [1.165, 1.54) is 12.1 Å². The molecule has 2 aliphatic heterocycles. The van der Waals surface area contributed by atoms with Crippen molar-refractivity contribution in [1.29, 1.82) is 0 Å². The molecule has 1 aliphatic carbocycles. The smallest absolute Gasteiger partial charge is 0.279 e. The molecule has 0 spiro atoms. The van der Waals surface area contributed by atoms with E-state index < -0.39 is 6.04 Å². The summed E-state index contributed by atoms with van der Waals surface area (Å²) in [4.78, 5) is 112. The number of rotatable bonds is 23. The fraction of sp³-hybridized carbons (Fsp3) is 0.488. The van der Waals surface area contributed by atoms with Crippen molar-refractivity contribution in [2.24, 2.45) is 66.0 Å². The number of fused-ring (bicyclic) bond motifs is 1. The minimum Gasteiger partial charge on any atom is -0.489 e. The van der Waals surface area contributed by atoms with E-state index in [0.29, 0.717) is 117 Å². The summed E-state index contributed by atoms with van der Waals surface area (Å²) in [6.45, 7) is 62.6. The summed E-state index contributed by atoms with van der Waals surface area (Å²) < 4.78 is 23.7. The Hall–Kier alpha value is -12.9. The molecule has 2 aromatic heterocycles. The largest absolute Gasteiger partial charge is 0.489 e. The molecule has 1 atom stereocenters. The van der Waals surface area contributed by atoms with E-state index in [4.69, 9.17) is 32.7 Å². The highest BCUT2D eigenvalue weighted by Crippen LogP contribution is 2.68. The highest BCUT2D eigenvalue weighted by atomic mass is 35.5.